The van der Waals surface area contributed by atoms with Crippen molar-refractivity contribution in [1.82, 2.24) is 10.4 Å². The minimum absolute atomic E-state index is 0.230. The lowest BCUT2D eigenvalue weighted by atomic mass is 10.2. The quantitative estimate of drug-likeness (QED) is 0.503. The predicted octanol–water partition coefficient (Wildman–Crippen LogP) is 2.36. The molecular formula is C12H10ClN3O. The van der Waals surface area contributed by atoms with Crippen LogP contribution >= 0.6 is 11.6 Å². The summed E-state index contributed by atoms with van der Waals surface area (Å²) in [5.74, 6) is -0.230. The van der Waals surface area contributed by atoms with Gasteiger partial charge in [0.25, 0.3) is 0 Å². The van der Waals surface area contributed by atoms with Gasteiger partial charge < -0.3 is 0 Å². The fourth-order valence-corrected chi connectivity index (χ4v) is 1.59. The Morgan fingerprint density at radius 3 is 3.00 bits per heavy atom. The maximum absolute atomic E-state index is 10.7. The van der Waals surface area contributed by atoms with E-state index < -0.39 is 0 Å². The van der Waals surface area contributed by atoms with Gasteiger partial charge in [-0.3, -0.25) is 4.79 Å². The SMILES string of the molecule is CC(=O)NN=Cc1cc2ccccc2nc1Cl. The van der Waals surface area contributed by atoms with Crippen molar-refractivity contribution in [3.63, 3.8) is 0 Å². The van der Waals surface area contributed by atoms with Crippen molar-refractivity contribution in [2.45, 2.75) is 6.92 Å². The Bertz CT molecular complexity index is 595. The van der Waals surface area contributed by atoms with Gasteiger partial charge in [-0.15, -0.1) is 0 Å². The molecule has 86 valence electrons. The molecule has 1 aromatic heterocycles. The van der Waals surface area contributed by atoms with E-state index in [-0.39, 0.29) is 5.91 Å². The number of hydrazone groups is 1. The summed E-state index contributed by atoms with van der Waals surface area (Å²) < 4.78 is 0. The van der Waals surface area contributed by atoms with Gasteiger partial charge in [0.15, 0.2) is 0 Å². The Kier molecular flexibility index (Phi) is 3.35. The smallest absolute Gasteiger partial charge is 0.236 e. The van der Waals surface area contributed by atoms with E-state index in [1.54, 1.807) is 0 Å². The van der Waals surface area contributed by atoms with Crippen LogP contribution in [0, 0.1) is 0 Å². The highest BCUT2D eigenvalue weighted by Gasteiger charge is 2.02. The summed E-state index contributed by atoms with van der Waals surface area (Å²) in [4.78, 5) is 14.9. The molecule has 17 heavy (non-hydrogen) atoms. The van der Waals surface area contributed by atoms with Gasteiger partial charge in [0.05, 0.1) is 11.7 Å². The number of rotatable bonds is 2. The molecule has 1 N–H and O–H groups in total. The van der Waals surface area contributed by atoms with Gasteiger partial charge in [0.2, 0.25) is 5.91 Å². The number of carbonyl (C=O) groups excluding carboxylic acids is 1. The zero-order valence-corrected chi connectivity index (χ0v) is 9.90. The first-order chi connectivity index (χ1) is 8.16. The summed E-state index contributed by atoms with van der Waals surface area (Å²) in [5, 5.41) is 5.09. The Hall–Kier alpha value is -1.94. The van der Waals surface area contributed by atoms with Crippen molar-refractivity contribution >= 4 is 34.6 Å². The summed E-state index contributed by atoms with van der Waals surface area (Å²) in [6.45, 7) is 1.39. The third-order valence-corrected chi connectivity index (χ3v) is 2.43. The second kappa shape index (κ2) is 4.93. The van der Waals surface area contributed by atoms with Crippen LogP contribution in [0.5, 0.6) is 0 Å². The molecule has 0 aliphatic heterocycles. The predicted molar refractivity (Wildman–Crippen MR) is 68.2 cm³/mol. The first kappa shape index (κ1) is 11.5. The molecule has 2 aromatic rings. The standard InChI is InChI=1S/C12H10ClN3O/c1-8(17)16-14-7-10-6-9-4-2-3-5-11(9)15-12(10)13/h2-7H,1H3,(H,16,17). The van der Waals surface area contributed by atoms with E-state index in [0.717, 1.165) is 10.9 Å². The molecule has 0 saturated carbocycles. The summed E-state index contributed by atoms with van der Waals surface area (Å²) in [6.07, 6.45) is 1.48. The third kappa shape index (κ3) is 2.79. The minimum atomic E-state index is -0.230. The van der Waals surface area contributed by atoms with Gasteiger partial charge in [-0.05, 0) is 12.1 Å². The van der Waals surface area contributed by atoms with Crippen molar-refractivity contribution in [2.75, 3.05) is 0 Å². The van der Waals surface area contributed by atoms with Crippen LogP contribution in [0.1, 0.15) is 12.5 Å². The van der Waals surface area contributed by atoms with Crippen LogP contribution in [-0.4, -0.2) is 17.1 Å². The molecule has 1 heterocycles. The minimum Gasteiger partial charge on any atom is -0.274 e. The average molecular weight is 248 g/mol. The topological polar surface area (TPSA) is 54.4 Å². The molecule has 0 unspecified atom stereocenters. The number of halogens is 1. The molecule has 0 atom stereocenters. The molecule has 2 rings (SSSR count). The highest BCUT2D eigenvalue weighted by molar-refractivity contribution is 6.32. The van der Waals surface area contributed by atoms with Gasteiger partial charge in [-0.1, -0.05) is 29.8 Å². The fraction of sp³-hybridized carbons (Fsp3) is 0.0833. The number of carbonyl (C=O) groups is 1. The Balaban J connectivity index is 2.37. The van der Waals surface area contributed by atoms with Crippen molar-refractivity contribution < 1.29 is 4.79 Å². The highest BCUT2D eigenvalue weighted by atomic mass is 35.5. The highest BCUT2D eigenvalue weighted by Crippen LogP contribution is 2.18. The van der Waals surface area contributed by atoms with E-state index in [1.807, 2.05) is 30.3 Å². The van der Waals surface area contributed by atoms with Crippen LogP contribution in [0.15, 0.2) is 35.4 Å². The number of benzene rings is 1. The van der Waals surface area contributed by atoms with Gasteiger partial charge in [-0.25, -0.2) is 10.4 Å². The van der Waals surface area contributed by atoms with Gasteiger partial charge in [-0.2, -0.15) is 5.10 Å². The number of hydrogen-bond acceptors (Lipinski definition) is 3. The first-order valence-corrected chi connectivity index (χ1v) is 5.39. The molecule has 1 amide bonds. The molecule has 0 spiro atoms. The number of amides is 1. The first-order valence-electron chi connectivity index (χ1n) is 5.02. The van der Waals surface area contributed by atoms with E-state index in [9.17, 15) is 4.79 Å². The van der Waals surface area contributed by atoms with Crippen LogP contribution in [0.4, 0.5) is 0 Å². The molecule has 0 saturated heterocycles. The zero-order chi connectivity index (χ0) is 12.3. The maximum Gasteiger partial charge on any atom is 0.236 e. The third-order valence-electron chi connectivity index (χ3n) is 2.13. The Morgan fingerprint density at radius 2 is 2.24 bits per heavy atom. The van der Waals surface area contributed by atoms with Gasteiger partial charge in [0, 0.05) is 17.9 Å². The molecule has 0 aliphatic carbocycles. The van der Waals surface area contributed by atoms with Gasteiger partial charge >= 0.3 is 0 Å². The molecule has 4 nitrogen and oxygen atoms in total. The van der Waals surface area contributed by atoms with E-state index >= 15 is 0 Å². The number of pyridine rings is 1. The number of nitrogens with one attached hydrogen (secondary N) is 1. The van der Waals surface area contributed by atoms with Gasteiger partial charge in [0.1, 0.15) is 5.15 Å². The molecule has 5 heteroatoms. The van der Waals surface area contributed by atoms with Crippen LogP contribution in [0.2, 0.25) is 5.15 Å². The molecule has 1 aromatic carbocycles. The van der Waals surface area contributed by atoms with Crippen LogP contribution < -0.4 is 5.43 Å². The molecule has 0 bridgehead atoms. The van der Waals surface area contributed by atoms with E-state index in [2.05, 4.69) is 15.5 Å². The Morgan fingerprint density at radius 1 is 1.47 bits per heavy atom. The van der Waals surface area contributed by atoms with Crippen molar-refractivity contribution in [3.8, 4) is 0 Å². The maximum atomic E-state index is 10.7. The lowest BCUT2D eigenvalue weighted by molar-refractivity contribution is -0.118. The van der Waals surface area contributed by atoms with Crippen LogP contribution in [-0.2, 0) is 4.79 Å². The van der Waals surface area contributed by atoms with Crippen molar-refractivity contribution in [2.24, 2.45) is 5.10 Å². The summed E-state index contributed by atoms with van der Waals surface area (Å²) in [5.41, 5.74) is 3.81. The second-order valence-corrected chi connectivity index (χ2v) is 3.85. The van der Waals surface area contributed by atoms with Crippen molar-refractivity contribution in [1.29, 1.82) is 0 Å². The summed E-state index contributed by atoms with van der Waals surface area (Å²) in [6, 6.07) is 9.52. The van der Waals surface area contributed by atoms with Crippen molar-refractivity contribution in [3.05, 3.63) is 41.0 Å². The van der Waals surface area contributed by atoms with Crippen LogP contribution in [0.3, 0.4) is 0 Å². The number of nitrogens with zero attached hydrogens (tertiary/aromatic N) is 2. The summed E-state index contributed by atoms with van der Waals surface area (Å²) >= 11 is 6.00. The molecular weight excluding hydrogens is 238 g/mol. The average Bonchev–Trinajstić information content (AvgIpc) is 2.29. The molecule has 0 aliphatic rings. The summed E-state index contributed by atoms with van der Waals surface area (Å²) in [7, 11) is 0. The van der Waals surface area contributed by atoms with E-state index in [4.69, 9.17) is 11.6 Å². The number of hydrogen-bond donors (Lipinski definition) is 1. The van der Waals surface area contributed by atoms with E-state index in [0.29, 0.717) is 10.7 Å². The lowest BCUT2D eigenvalue weighted by Crippen LogP contribution is -2.12. The zero-order valence-electron chi connectivity index (χ0n) is 9.14. The monoisotopic (exact) mass is 247 g/mol. The number of fused-ring (bicyclic) bond motifs is 1. The number of para-hydroxylation sites is 1. The molecule has 0 radical (unpaired) electrons. The van der Waals surface area contributed by atoms with Crippen LogP contribution in [0.25, 0.3) is 10.9 Å². The second-order valence-electron chi connectivity index (χ2n) is 3.49. The Labute approximate surface area is 103 Å². The van der Waals surface area contributed by atoms with E-state index in [1.165, 1.54) is 13.1 Å². The lowest BCUT2D eigenvalue weighted by Gasteiger charge is -2.01. The normalized spacial score (nSPS) is 10.9. The fourth-order valence-electron chi connectivity index (χ4n) is 1.39. The largest absolute Gasteiger partial charge is 0.274 e. The number of aromatic nitrogens is 1. The molecule has 0 fully saturated rings.